The Labute approximate surface area is 158 Å². The Morgan fingerprint density at radius 2 is 1.78 bits per heavy atom. The summed E-state index contributed by atoms with van der Waals surface area (Å²) in [5.74, 6) is 1.29. The van der Waals surface area contributed by atoms with Gasteiger partial charge in [0.05, 0.1) is 16.7 Å². The van der Waals surface area contributed by atoms with E-state index in [9.17, 15) is 4.79 Å². The zero-order valence-electron chi connectivity index (χ0n) is 15.9. The van der Waals surface area contributed by atoms with Crippen molar-refractivity contribution in [3.05, 3.63) is 41.7 Å². The fourth-order valence-electron chi connectivity index (χ4n) is 3.38. The van der Waals surface area contributed by atoms with Gasteiger partial charge in [-0.3, -0.25) is 9.48 Å². The first kappa shape index (κ1) is 17.5. The number of aromatic nitrogens is 4. The average Bonchev–Trinajstić information content (AvgIpc) is 3.31. The molecule has 140 valence electrons. The van der Waals surface area contributed by atoms with E-state index in [1.54, 1.807) is 11.7 Å². The highest BCUT2D eigenvalue weighted by Crippen LogP contribution is 2.28. The van der Waals surface area contributed by atoms with E-state index in [0.29, 0.717) is 11.5 Å². The van der Waals surface area contributed by atoms with Crippen molar-refractivity contribution in [1.82, 2.24) is 19.7 Å². The number of nitrogens with one attached hydrogen (secondary N) is 1. The molecule has 1 saturated heterocycles. The van der Waals surface area contributed by atoms with Crippen LogP contribution in [-0.4, -0.2) is 38.7 Å². The van der Waals surface area contributed by atoms with Gasteiger partial charge in [-0.2, -0.15) is 5.10 Å². The monoisotopic (exact) mass is 364 g/mol. The van der Waals surface area contributed by atoms with Gasteiger partial charge < -0.3 is 10.2 Å². The maximum atomic E-state index is 12.9. The summed E-state index contributed by atoms with van der Waals surface area (Å²) in [4.78, 5) is 24.6. The Hall–Kier alpha value is -2.96. The zero-order valence-corrected chi connectivity index (χ0v) is 15.9. The molecule has 2 aromatic heterocycles. The van der Waals surface area contributed by atoms with Crippen LogP contribution < -0.4 is 10.2 Å². The summed E-state index contributed by atoms with van der Waals surface area (Å²) in [7, 11) is 1.79. The van der Waals surface area contributed by atoms with E-state index in [0.717, 1.165) is 48.5 Å². The number of aryl methyl sites for hydroxylation is 1. The average molecular weight is 364 g/mol. The molecular weight excluding hydrogens is 340 g/mol. The van der Waals surface area contributed by atoms with Crippen LogP contribution in [0.1, 0.15) is 48.8 Å². The first-order chi connectivity index (χ1) is 13.0. The second kappa shape index (κ2) is 6.98. The third-order valence-corrected chi connectivity index (χ3v) is 4.91. The summed E-state index contributed by atoms with van der Waals surface area (Å²) in [6.07, 6.45) is 2.25. The number of carbonyl (C=O) groups is 1. The van der Waals surface area contributed by atoms with Gasteiger partial charge in [0.2, 0.25) is 0 Å². The number of hydrogen-bond acceptors (Lipinski definition) is 5. The smallest absolute Gasteiger partial charge is 0.275 e. The summed E-state index contributed by atoms with van der Waals surface area (Å²) >= 11 is 0. The molecular formula is C20H24N6O. The maximum Gasteiger partial charge on any atom is 0.275 e. The molecule has 0 spiro atoms. The standard InChI is InChI=1S/C20H24N6O/c1-13(2)16-12-17(25(3)24-16)20(27)23-18-19(26-10-6-7-11-26)22-15-9-5-4-8-14(15)21-18/h4-5,8-9,12-13H,6-7,10-11H2,1-3H3,(H,21,23,27). The minimum absolute atomic E-state index is 0.220. The van der Waals surface area contributed by atoms with Gasteiger partial charge in [-0.1, -0.05) is 26.0 Å². The Bertz CT molecular complexity index is 987. The first-order valence-corrected chi connectivity index (χ1v) is 9.40. The molecule has 4 rings (SSSR count). The lowest BCUT2D eigenvalue weighted by Crippen LogP contribution is -2.24. The number of benzene rings is 1. The van der Waals surface area contributed by atoms with Gasteiger partial charge in [0, 0.05) is 20.1 Å². The van der Waals surface area contributed by atoms with E-state index in [-0.39, 0.29) is 11.8 Å². The van der Waals surface area contributed by atoms with Crippen molar-refractivity contribution in [3.63, 3.8) is 0 Å². The Balaban J connectivity index is 1.71. The highest BCUT2D eigenvalue weighted by molar-refractivity contribution is 6.04. The molecule has 7 heteroatoms. The number of fused-ring (bicyclic) bond motifs is 1. The van der Waals surface area contributed by atoms with Crippen molar-refractivity contribution in [2.75, 3.05) is 23.3 Å². The predicted molar refractivity (Wildman–Crippen MR) is 106 cm³/mol. The van der Waals surface area contributed by atoms with E-state index in [2.05, 4.69) is 29.2 Å². The molecule has 3 aromatic rings. The lowest BCUT2D eigenvalue weighted by atomic mass is 10.1. The van der Waals surface area contributed by atoms with Gasteiger partial charge >= 0.3 is 0 Å². The Kier molecular flexibility index (Phi) is 4.51. The molecule has 1 aliphatic rings. The van der Waals surface area contributed by atoms with E-state index < -0.39 is 0 Å². The quantitative estimate of drug-likeness (QED) is 0.768. The van der Waals surface area contributed by atoms with E-state index in [1.807, 2.05) is 30.3 Å². The van der Waals surface area contributed by atoms with Crippen LogP contribution in [0.2, 0.25) is 0 Å². The second-order valence-corrected chi connectivity index (χ2v) is 7.27. The van der Waals surface area contributed by atoms with Crippen molar-refractivity contribution in [3.8, 4) is 0 Å². The zero-order chi connectivity index (χ0) is 19.0. The van der Waals surface area contributed by atoms with Crippen LogP contribution in [0.4, 0.5) is 11.6 Å². The fraction of sp³-hybridized carbons (Fsp3) is 0.400. The third-order valence-electron chi connectivity index (χ3n) is 4.91. The van der Waals surface area contributed by atoms with E-state index in [4.69, 9.17) is 9.97 Å². The minimum atomic E-state index is -0.220. The van der Waals surface area contributed by atoms with Crippen molar-refractivity contribution >= 4 is 28.6 Å². The molecule has 27 heavy (non-hydrogen) atoms. The molecule has 7 nitrogen and oxygen atoms in total. The van der Waals surface area contributed by atoms with Crippen LogP contribution in [0.25, 0.3) is 11.0 Å². The molecule has 1 fully saturated rings. The van der Waals surface area contributed by atoms with Crippen LogP contribution in [-0.2, 0) is 7.05 Å². The van der Waals surface area contributed by atoms with Gasteiger partial charge in [-0.15, -0.1) is 0 Å². The van der Waals surface area contributed by atoms with Crippen LogP contribution in [0.15, 0.2) is 30.3 Å². The fourth-order valence-corrected chi connectivity index (χ4v) is 3.38. The van der Waals surface area contributed by atoms with Crippen LogP contribution in [0.3, 0.4) is 0 Å². The summed E-state index contributed by atoms with van der Waals surface area (Å²) in [6, 6.07) is 9.57. The topological polar surface area (TPSA) is 75.9 Å². The molecule has 0 unspecified atom stereocenters. The third kappa shape index (κ3) is 3.37. The molecule has 0 saturated carbocycles. The van der Waals surface area contributed by atoms with Gasteiger partial charge in [-0.05, 0) is 37.0 Å². The summed E-state index contributed by atoms with van der Waals surface area (Å²) in [5.41, 5.74) is 3.01. The number of para-hydroxylation sites is 2. The molecule has 1 amide bonds. The number of carbonyl (C=O) groups excluding carboxylic acids is 1. The van der Waals surface area contributed by atoms with Crippen molar-refractivity contribution in [2.45, 2.75) is 32.6 Å². The van der Waals surface area contributed by atoms with Gasteiger partial charge in [0.25, 0.3) is 5.91 Å². The lowest BCUT2D eigenvalue weighted by Gasteiger charge is -2.20. The minimum Gasteiger partial charge on any atom is -0.354 e. The van der Waals surface area contributed by atoms with Crippen LogP contribution in [0, 0.1) is 0 Å². The van der Waals surface area contributed by atoms with Crippen molar-refractivity contribution in [2.24, 2.45) is 7.05 Å². The summed E-state index contributed by atoms with van der Waals surface area (Å²) < 4.78 is 1.62. The molecule has 0 radical (unpaired) electrons. The van der Waals surface area contributed by atoms with E-state index >= 15 is 0 Å². The van der Waals surface area contributed by atoms with Gasteiger partial charge in [-0.25, -0.2) is 9.97 Å². The molecule has 1 N–H and O–H groups in total. The summed E-state index contributed by atoms with van der Waals surface area (Å²) in [5, 5.41) is 7.41. The number of amides is 1. The van der Waals surface area contributed by atoms with Gasteiger partial charge in [0.15, 0.2) is 11.6 Å². The first-order valence-electron chi connectivity index (χ1n) is 9.40. The van der Waals surface area contributed by atoms with Crippen molar-refractivity contribution < 1.29 is 4.79 Å². The molecule has 0 aliphatic carbocycles. The highest BCUT2D eigenvalue weighted by atomic mass is 16.2. The van der Waals surface area contributed by atoms with Gasteiger partial charge in [0.1, 0.15) is 5.69 Å². The number of hydrogen-bond donors (Lipinski definition) is 1. The maximum absolute atomic E-state index is 12.9. The normalized spacial score (nSPS) is 14.3. The SMILES string of the molecule is CC(C)c1cc(C(=O)Nc2nc3ccccc3nc2N2CCCC2)n(C)n1. The predicted octanol–water partition coefficient (Wildman–Crippen LogP) is 3.34. The second-order valence-electron chi connectivity index (χ2n) is 7.27. The number of anilines is 2. The Morgan fingerprint density at radius 3 is 2.41 bits per heavy atom. The summed E-state index contributed by atoms with van der Waals surface area (Å²) in [6.45, 7) is 5.98. The highest BCUT2D eigenvalue weighted by Gasteiger charge is 2.22. The number of nitrogens with zero attached hydrogens (tertiary/aromatic N) is 5. The lowest BCUT2D eigenvalue weighted by molar-refractivity contribution is 0.101. The van der Waals surface area contributed by atoms with Crippen LogP contribution in [0.5, 0.6) is 0 Å². The molecule has 1 aromatic carbocycles. The van der Waals surface area contributed by atoms with Crippen LogP contribution >= 0.6 is 0 Å². The molecule has 1 aliphatic heterocycles. The largest absolute Gasteiger partial charge is 0.354 e. The molecule has 3 heterocycles. The Morgan fingerprint density at radius 1 is 1.11 bits per heavy atom. The van der Waals surface area contributed by atoms with E-state index in [1.165, 1.54) is 0 Å². The molecule has 0 bridgehead atoms. The van der Waals surface area contributed by atoms with Crippen molar-refractivity contribution in [1.29, 1.82) is 0 Å². The number of rotatable bonds is 4. The molecule has 0 atom stereocenters.